The fourth-order valence-corrected chi connectivity index (χ4v) is 5.60. The van der Waals surface area contributed by atoms with Gasteiger partial charge < -0.3 is 15.1 Å². The SMILES string of the molecule is NS(=O)(=O)c1ccc(CCNC(=O)CSC2=Nc3ccccc3C3=N[C@H](CC(=O)NCc4ccco4)C(=O)N23)cc1. The summed E-state index contributed by atoms with van der Waals surface area (Å²) >= 11 is 1.10. The first kappa shape index (κ1) is 28.3. The minimum absolute atomic E-state index is 0.00326. The Balaban J connectivity index is 1.19. The second kappa shape index (κ2) is 12.1. The summed E-state index contributed by atoms with van der Waals surface area (Å²) in [5, 5.41) is 11.0. The van der Waals surface area contributed by atoms with Crippen molar-refractivity contribution >= 4 is 56.2 Å². The van der Waals surface area contributed by atoms with Gasteiger partial charge >= 0.3 is 0 Å². The maximum absolute atomic E-state index is 13.4. The van der Waals surface area contributed by atoms with Gasteiger partial charge in [0.1, 0.15) is 17.6 Å². The zero-order valence-electron chi connectivity index (χ0n) is 21.6. The number of amidine groups is 2. The highest BCUT2D eigenvalue weighted by atomic mass is 32.2. The van der Waals surface area contributed by atoms with Crippen molar-refractivity contribution in [2.24, 2.45) is 15.1 Å². The monoisotopic (exact) mass is 594 g/mol. The highest BCUT2D eigenvalue weighted by Gasteiger charge is 2.42. The lowest BCUT2D eigenvalue weighted by molar-refractivity contribution is -0.128. The Labute approximate surface area is 240 Å². The number of amides is 3. The van der Waals surface area contributed by atoms with Gasteiger partial charge in [0, 0.05) is 12.1 Å². The number of fused-ring (bicyclic) bond motifs is 3. The van der Waals surface area contributed by atoms with Crippen molar-refractivity contribution in [1.29, 1.82) is 0 Å². The molecule has 12 nitrogen and oxygen atoms in total. The minimum Gasteiger partial charge on any atom is -0.467 e. The number of benzene rings is 2. The molecule has 0 fully saturated rings. The van der Waals surface area contributed by atoms with Gasteiger partial charge in [-0.1, -0.05) is 36.0 Å². The minimum atomic E-state index is -3.76. The zero-order chi connectivity index (χ0) is 29.0. The average molecular weight is 595 g/mol. The van der Waals surface area contributed by atoms with Crippen LogP contribution in [0.4, 0.5) is 5.69 Å². The summed E-state index contributed by atoms with van der Waals surface area (Å²) in [4.78, 5) is 49.0. The fraction of sp³-hybridized carbons (Fsp3) is 0.222. The van der Waals surface area contributed by atoms with E-state index >= 15 is 0 Å². The number of nitrogens with zero attached hydrogens (tertiary/aromatic N) is 3. The number of hydrogen-bond acceptors (Lipinski definition) is 9. The third-order valence-corrected chi connectivity index (χ3v) is 8.15. The van der Waals surface area contributed by atoms with E-state index in [0.29, 0.717) is 41.0 Å². The van der Waals surface area contributed by atoms with Crippen LogP contribution >= 0.6 is 11.8 Å². The van der Waals surface area contributed by atoms with E-state index in [2.05, 4.69) is 20.6 Å². The molecule has 0 bridgehead atoms. The lowest BCUT2D eigenvalue weighted by Crippen LogP contribution is -2.42. The summed E-state index contributed by atoms with van der Waals surface area (Å²) in [7, 11) is -3.76. The summed E-state index contributed by atoms with van der Waals surface area (Å²) < 4.78 is 28.0. The molecule has 3 amide bonds. The Kier molecular flexibility index (Phi) is 8.33. The first-order valence-corrected chi connectivity index (χ1v) is 15.1. The van der Waals surface area contributed by atoms with Crippen LogP contribution in [0.5, 0.6) is 0 Å². The summed E-state index contributed by atoms with van der Waals surface area (Å²) in [5.41, 5.74) is 2.12. The van der Waals surface area contributed by atoms with Gasteiger partial charge in [0.2, 0.25) is 21.8 Å². The van der Waals surface area contributed by atoms with Crippen LogP contribution in [-0.4, -0.2) is 60.4 Å². The van der Waals surface area contributed by atoms with Crippen molar-refractivity contribution in [2.45, 2.75) is 30.3 Å². The maximum Gasteiger partial charge on any atom is 0.259 e. The number of hydrogen-bond donors (Lipinski definition) is 3. The Morgan fingerprint density at radius 3 is 2.54 bits per heavy atom. The number of rotatable bonds is 10. The summed E-state index contributed by atoms with van der Waals surface area (Å²) in [6.45, 7) is 0.530. The van der Waals surface area contributed by atoms with Gasteiger partial charge in [-0.25, -0.2) is 23.4 Å². The number of carbonyl (C=O) groups excluding carboxylic acids is 3. The van der Waals surface area contributed by atoms with E-state index in [1.165, 1.54) is 23.3 Å². The average Bonchev–Trinajstić information content (AvgIpc) is 3.59. The van der Waals surface area contributed by atoms with Crippen LogP contribution in [0.25, 0.3) is 0 Å². The van der Waals surface area contributed by atoms with E-state index in [1.807, 2.05) is 12.1 Å². The molecular weight excluding hydrogens is 568 g/mol. The van der Waals surface area contributed by atoms with Crippen molar-refractivity contribution in [3.63, 3.8) is 0 Å². The van der Waals surface area contributed by atoms with Gasteiger partial charge in [-0.05, 0) is 48.4 Å². The van der Waals surface area contributed by atoms with Crippen molar-refractivity contribution in [2.75, 3.05) is 12.3 Å². The second-order valence-electron chi connectivity index (χ2n) is 9.19. The maximum atomic E-state index is 13.4. The molecule has 3 heterocycles. The van der Waals surface area contributed by atoms with Gasteiger partial charge in [0.05, 0.1) is 35.6 Å². The van der Waals surface area contributed by atoms with Crippen LogP contribution in [0.15, 0.2) is 86.2 Å². The third kappa shape index (κ3) is 6.73. The van der Waals surface area contributed by atoms with Crippen LogP contribution in [0.1, 0.15) is 23.3 Å². The summed E-state index contributed by atoms with van der Waals surface area (Å²) in [5.74, 6) is -0.0134. The van der Waals surface area contributed by atoms with Crippen molar-refractivity contribution in [3.05, 3.63) is 83.8 Å². The Hall–Kier alpha value is -4.27. The molecule has 1 atom stereocenters. The van der Waals surface area contributed by atoms with Gasteiger partial charge in [-0.3, -0.25) is 19.4 Å². The molecule has 1 aromatic heterocycles. The normalized spacial score (nSPS) is 16.0. The largest absolute Gasteiger partial charge is 0.467 e. The Morgan fingerprint density at radius 2 is 1.80 bits per heavy atom. The van der Waals surface area contributed by atoms with Crippen molar-refractivity contribution in [1.82, 2.24) is 15.5 Å². The number of para-hydroxylation sites is 1. The topological polar surface area (TPSA) is 177 Å². The van der Waals surface area contributed by atoms with E-state index in [0.717, 1.165) is 17.3 Å². The first-order valence-electron chi connectivity index (χ1n) is 12.6. The quantitative estimate of drug-likeness (QED) is 0.320. The highest BCUT2D eigenvalue weighted by Crippen LogP contribution is 2.34. The molecule has 3 aromatic rings. The fourth-order valence-electron chi connectivity index (χ4n) is 4.25. The van der Waals surface area contributed by atoms with Crippen molar-refractivity contribution < 1.29 is 27.2 Å². The molecule has 14 heteroatoms. The number of furan rings is 1. The molecule has 2 aromatic carbocycles. The Bertz CT molecular complexity index is 1630. The molecule has 41 heavy (non-hydrogen) atoms. The lowest BCUT2D eigenvalue weighted by atomic mass is 10.1. The molecule has 0 saturated carbocycles. The zero-order valence-corrected chi connectivity index (χ0v) is 23.3. The standard InChI is InChI=1S/C27H26N6O6S2/c28-41(37,38)19-9-7-17(8-10-19)11-12-29-24(35)16-40-27-32-21-6-2-1-5-20(21)25-31-22(26(36)33(25)27)14-23(34)30-15-18-4-3-13-39-18/h1-10,13,22H,11-12,14-16H2,(H,29,35)(H,30,34)(H2,28,37,38)/t22-/m1/s1. The first-order chi connectivity index (χ1) is 19.7. The number of nitrogens with one attached hydrogen (secondary N) is 2. The molecule has 4 N–H and O–H groups in total. The van der Waals surface area contributed by atoms with Gasteiger partial charge in [0.25, 0.3) is 5.91 Å². The number of primary sulfonamides is 1. The van der Waals surface area contributed by atoms with Gasteiger partial charge in [-0.2, -0.15) is 0 Å². The van der Waals surface area contributed by atoms with Gasteiger partial charge in [0.15, 0.2) is 5.17 Å². The number of sulfonamides is 1. The van der Waals surface area contributed by atoms with Crippen LogP contribution < -0.4 is 15.8 Å². The smallest absolute Gasteiger partial charge is 0.259 e. The molecular formula is C27H26N6O6S2. The van der Waals surface area contributed by atoms with Crippen LogP contribution in [0.3, 0.4) is 0 Å². The van der Waals surface area contributed by atoms with Crippen molar-refractivity contribution in [3.8, 4) is 0 Å². The van der Waals surface area contributed by atoms with E-state index < -0.39 is 22.0 Å². The molecule has 0 radical (unpaired) electrons. The molecule has 5 rings (SSSR count). The highest BCUT2D eigenvalue weighted by molar-refractivity contribution is 8.14. The predicted molar refractivity (Wildman–Crippen MR) is 153 cm³/mol. The summed E-state index contributed by atoms with van der Waals surface area (Å²) in [6, 6.07) is 15.9. The molecule has 2 aliphatic rings. The molecule has 0 aliphatic carbocycles. The van der Waals surface area contributed by atoms with Crippen LogP contribution in [-0.2, 0) is 37.4 Å². The summed E-state index contributed by atoms with van der Waals surface area (Å²) in [6.07, 6.45) is 1.86. The van der Waals surface area contributed by atoms with Crippen LogP contribution in [0.2, 0.25) is 0 Å². The van der Waals surface area contributed by atoms with E-state index in [4.69, 9.17) is 9.56 Å². The van der Waals surface area contributed by atoms with Gasteiger partial charge in [-0.15, -0.1) is 0 Å². The number of aliphatic imine (C=N–C) groups is 2. The molecule has 0 saturated heterocycles. The number of carbonyl (C=O) groups is 3. The second-order valence-corrected chi connectivity index (χ2v) is 11.7. The molecule has 2 aliphatic heterocycles. The molecule has 0 unspecified atom stereocenters. The number of nitrogens with two attached hydrogens (primary N) is 1. The van der Waals surface area contributed by atoms with E-state index in [-0.39, 0.29) is 35.4 Å². The van der Waals surface area contributed by atoms with E-state index in [9.17, 15) is 22.8 Å². The Morgan fingerprint density at radius 1 is 1.02 bits per heavy atom. The van der Waals surface area contributed by atoms with E-state index in [1.54, 1.807) is 36.4 Å². The molecule has 212 valence electrons. The van der Waals surface area contributed by atoms with Crippen LogP contribution in [0, 0.1) is 0 Å². The predicted octanol–water partition coefficient (Wildman–Crippen LogP) is 1.68. The molecule has 0 spiro atoms. The number of thioether (sulfide) groups is 1. The lowest BCUT2D eigenvalue weighted by Gasteiger charge is -2.25. The third-order valence-electron chi connectivity index (χ3n) is 6.29.